The van der Waals surface area contributed by atoms with Crippen molar-refractivity contribution in [1.82, 2.24) is 5.48 Å². The molecule has 308 valence electrons. The molecule has 7 rings (SSSR count). The van der Waals surface area contributed by atoms with Gasteiger partial charge in [0.25, 0.3) is 0 Å². The van der Waals surface area contributed by atoms with E-state index in [-0.39, 0.29) is 49.0 Å². The number of aliphatic hydroxyl groups excluding tert-OH is 1. The van der Waals surface area contributed by atoms with Gasteiger partial charge in [-0.25, -0.2) is 0 Å². The number of carbonyl (C=O) groups is 1. The van der Waals surface area contributed by atoms with Crippen molar-refractivity contribution in [2.24, 2.45) is 29.6 Å². The van der Waals surface area contributed by atoms with Crippen LogP contribution in [0.2, 0.25) is 0 Å². The van der Waals surface area contributed by atoms with Gasteiger partial charge < -0.3 is 43.8 Å². The van der Waals surface area contributed by atoms with E-state index in [4.69, 9.17) is 28.4 Å². The van der Waals surface area contributed by atoms with E-state index in [1.807, 2.05) is 26.0 Å². The first-order valence-electron chi connectivity index (χ1n) is 21.2. The highest BCUT2D eigenvalue weighted by Gasteiger charge is 2.60. The number of allylic oxidation sites excluding steroid dienone is 2. The van der Waals surface area contributed by atoms with Crippen molar-refractivity contribution in [3.8, 4) is 0 Å². The number of hydroxylamine groups is 1. The summed E-state index contributed by atoms with van der Waals surface area (Å²) >= 11 is 0. The second-order valence-corrected chi connectivity index (χ2v) is 18.2. The van der Waals surface area contributed by atoms with Crippen molar-refractivity contribution in [1.29, 1.82) is 0 Å². The molecule has 4 N–H and O–H groups in total. The highest BCUT2D eigenvalue weighted by molar-refractivity contribution is 5.78. The fraction of sp³-hybridized carbons (Fsp3) is 0.795. The number of rotatable bonds is 5. The fourth-order valence-electron chi connectivity index (χ4n) is 11.1. The van der Waals surface area contributed by atoms with Gasteiger partial charge in [0, 0.05) is 38.7 Å². The van der Waals surface area contributed by atoms with Gasteiger partial charge in [-0.05, 0) is 74.9 Å². The van der Waals surface area contributed by atoms with Gasteiger partial charge >= 0.3 is 5.97 Å². The van der Waals surface area contributed by atoms with E-state index in [9.17, 15) is 20.2 Å². The molecule has 0 radical (unpaired) electrons. The largest absolute Gasteiger partial charge is 0.462 e. The molecule has 0 aromatic carbocycles. The third kappa shape index (κ3) is 8.35. The molecule has 55 heavy (non-hydrogen) atoms. The summed E-state index contributed by atoms with van der Waals surface area (Å²) in [6.45, 7) is 10.5. The molecule has 0 aromatic heterocycles. The lowest BCUT2D eigenvalue weighted by molar-refractivity contribution is -0.342. The molecule has 15 atom stereocenters. The van der Waals surface area contributed by atoms with Gasteiger partial charge in [0.15, 0.2) is 5.79 Å². The zero-order valence-corrected chi connectivity index (χ0v) is 33.9. The molecular weight excluding hydrogens is 702 g/mol. The lowest BCUT2D eigenvalue weighted by atomic mass is 9.70. The Labute approximate surface area is 327 Å². The summed E-state index contributed by atoms with van der Waals surface area (Å²) in [5.74, 6) is -1.54. The van der Waals surface area contributed by atoms with Crippen LogP contribution in [-0.2, 0) is 33.2 Å². The van der Waals surface area contributed by atoms with Gasteiger partial charge in [-0.3, -0.25) is 4.79 Å². The van der Waals surface area contributed by atoms with Gasteiger partial charge in [0.05, 0.1) is 49.3 Å². The van der Waals surface area contributed by atoms with Gasteiger partial charge in [0.2, 0.25) is 0 Å². The van der Waals surface area contributed by atoms with Crippen molar-refractivity contribution < 1.29 is 48.6 Å². The highest BCUT2D eigenvalue weighted by Crippen LogP contribution is 2.49. The number of esters is 1. The molecule has 11 heteroatoms. The zero-order chi connectivity index (χ0) is 39.1. The van der Waals surface area contributed by atoms with Gasteiger partial charge in [-0.15, -0.1) is 0 Å². The molecule has 4 aliphatic heterocycles. The summed E-state index contributed by atoms with van der Waals surface area (Å²) in [5, 5.41) is 33.5. The van der Waals surface area contributed by atoms with Gasteiger partial charge in [-0.2, -0.15) is 5.48 Å². The van der Waals surface area contributed by atoms with Crippen LogP contribution in [0.3, 0.4) is 0 Å². The van der Waals surface area contributed by atoms with Crippen LogP contribution in [0.1, 0.15) is 112 Å². The van der Waals surface area contributed by atoms with E-state index >= 15 is 0 Å². The third-order valence-corrected chi connectivity index (χ3v) is 14.3. The molecule has 1 spiro atoms. The average molecular weight is 770 g/mol. The van der Waals surface area contributed by atoms with Crippen molar-refractivity contribution in [3.63, 3.8) is 0 Å². The number of nitrogens with one attached hydrogen (secondary N) is 1. The summed E-state index contributed by atoms with van der Waals surface area (Å²) < 4.78 is 39.5. The van der Waals surface area contributed by atoms with E-state index in [0.717, 1.165) is 24.8 Å². The zero-order valence-electron chi connectivity index (χ0n) is 33.9. The Morgan fingerprint density at radius 2 is 1.75 bits per heavy atom. The number of methoxy groups -OCH3 is 1. The predicted octanol–water partition coefficient (Wildman–Crippen LogP) is 6.25. The lowest BCUT2D eigenvalue weighted by Crippen LogP contribution is -2.61. The van der Waals surface area contributed by atoms with Crippen LogP contribution < -0.4 is 5.48 Å². The third-order valence-electron chi connectivity index (χ3n) is 14.3. The second kappa shape index (κ2) is 17.1. The number of hydrogen-bond donors (Lipinski definition) is 4. The fourth-order valence-corrected chi connectivity index (χ4v) is 11.1. The molecule has 0 amide bonds. The Hall–Kier alpha value is -1.93. The Kier molecular flexibility index (Phi) is 12.8. The number of carbonyl (C=O) groups excluding carboxylic acids is 1. The maximum absolute atomic E-state index is 14.4. The van der Waals surface area contributed by atoms with Crippen LogP contribution in [0.4, 0.5) is 0 Å². The summed E-state index contributed by atoms with van der Waals surface area (Å²) in [7, 11) is 1.65. The Bertz CT molecular complexity index is 1490. The van der Waals surface area contributed by atoms with Crippen LogP contribution in [-0.4, -0.2) is 101 Å². The minimum absolute atomic E-state index is 0.0336. The first kappa shape index (κ1) is 41.2. The maximum Gasteiger partial charge on any atom is 0.316 e. The Balaban J connectivity index is 1.24. The van der Waals surface area contributed by atoms with E-state index in [1.165, 1.54) is 32.1 Å². The summed E-state index contributed by atoms with van der Waals surface area (Å²) in [4.78, 5) is 14.4. The standard InChI is InChI=1S/C44H67NO10/c1-25-11-10-14-31-24-51-41-37(45-49)28(4)20-35(44(31,41)48)42(47)53-34-21-32(16-15-26(2)39(25)52-33-19-29(5)38(46)36(22-33)50-6)54-43(23-34)18-17-27(3)40(55-43)30-12-8-7-9-13-30/h10-11,14-15,20,25,27,29-30,32-41,45-46,48-49H,7-9,12-13,16-19,21-24H2,1-6H3/t25-,27-,29+,32?,33+,34-,35-,36-,37+,38-,39?,40-,41+,43+,44+/m0/s1. The van der Waals surface area contributed by atoms with E-state index in [2.05, 4.69) is 38.4 Å². The van der Waals surface area contributed by atoms with Crippen LogP contribution in [0.25, 0.3) is 0 Å². The molecule has 2 bridgehead atoms. The number of aliphatic hydroxyl groups is 2. The quantitative estimate of drug-likeness (QED) is 0.143. The van der Waals surface area contributed by atoms with Crippen LogP contribution in [0.5, 0.6) is 0 Å². The van der Waals surface area contributed by atoms with E-state index in [0.29, 0.717) is 48.7 Å². The van der Waals surface area contributed by atoms with Crippen molar-refractivity contribution in [2.45, 2.75) is 178 Å². The molecule has 5 fully saturated rings. The highest BCUT2D eigenvalue weighted by atomic mass is 16.7. The van der Waals surface area contributed by atoms with E-state index < -0.39 is 47.6 Å². The summed E-state index contributed by atoms with van der Waals surface area (Å²) in [6, 6.07) is -0.698. The van der Waals surface area contributed by atoms with Crippen LogP contribution >= 0.6 is 0 Å². The number of fused-ring (bicyclic) bond motifs is 2. The summed E-state index contributed by atoms with van der Waals surface area (Å²) in [6.07, 6.45) is 17.6. The molecule has 0 aromatic rings. The van der Waals surface area contributed by atoms with Crippen molar-refractivity contribution >= 4 is 5.97 Å². The first-order chi connectivity index (χ1) is 26.4. The predicted molar refractivity (Wildman–Crippen MR) is 206 cm³/mol. The van der Waals surface area contributed by atoms with Crippen molar-refractivity contribution in [2.75, 3.05) is 13.7 Å². The Morgan fingerprint density at radius 1 is 0.964 bits per heavy atom. The smallest absolute Gasteiger partial charge is 0.316 e. The molecule has 3 saturated heterocycles. The molecular formula is C44H67NO10. The minimum Gasteiger partial charge on any atom is -0.462 e. The van der Waals surface area contributed by atoms with E-state index in [1.54, 1.807) is 13.2 Å². The van der Waals surface area contributed by atoms with Gasteiger partial charge in [-0.1, -0.05) is 76.0 Å². The summed E-state index contributed by atoms with van der Waals surface area (Å²) in [5.41, 5.74) is 2.89. The molecule has 3 aliphatic carbocycles. The molecule has 2 unspecified atom stereocenters. The van der Waals surface area contributed by atoms with Crippen LogP contribution in [0, 0.1) is 29.6 Å². The SMILES string of the molecule is CO[C@H]1C[C@H](OC2C(C)=CCC3C[C@@H](C[C@]4(CC[C@H](C)[C@@H](C5CCCCC5)O4)O3)OC(=O)[C@@H]3C=C(C)[C@@H](NO)[C@H]4OCC(=CC=C[C@@H]2C)[C@]43O)C[C@@H](C)[C@@H]1O. The first-order valence-corrected chi connectivity index (χ1v) is 21.2. The average Bonchev–Trinajstić information content (AvgIpc) is 3.50. The Morgan fingerprint density at radius 3 is 2.49 bits per heavy atom. The minimum atomic E-state index is -1.74. The second-order valence-electron chi connectivity index (χ2n) is 18.2. The normalized spacial score (nSPS) is 46.0. The molecule has 11 nitrogen and oxygen atoms in total. The van der Waals surface area contributed by atoms with Crippen molar-refractivity contribution in [3.05, 3.63) is 47.1 Å². The van der Waals surface area contributed by atoms with Crippen LogP contribution in [0.15, 0.2) is 47.1 Å². The molecule has 2 saturated carbocycles. The van der Waals surface area contributed by atoms with Gasteiger partial charge in [0.1, 0.15) is 23.7 Å². The number of hydrogen-bond acceptors (Lipinski definition) is 11. The maximum atomic E-state index is 14.4. The molecule has 4 heterocycles. The molecule has 7 aliphatic rings. The number of ether oxygens (including phenoxy) is 6. The topological polar surface area (TPSA) is 145 Å². The monoisotopic (exact) mass is 769 g/mol. The lowest BCUT2D eigenvalue weighted by Gasteiger charge is -2.51.